The Morgan fingerprint density at radius 2 is 0.789 bits per heavy atom. The lowest BCUT2D eigenvalue weighted by Gasteiger charge is -2.04. The summed E-state index contributed by atoms with van der Waals surface area (Å²) in [7, 11) is 0. The molecule has 4 aromatic carbocycles. The summed E-state index contributed by atoms with van der Waals surface area (Å²) >= 11 is 0. The highest BCUT2D eigenvalue weighted by Gasteiger charge is 2.11. The van der Waals surface area contributed by atoms with Gasteiger partial charge in [0.15, 0.2) is 33.9 Å². The smallest absolute Gasteiger partial charge is 0.193 e. The Labute approximate surface area is 214 Å². The number of fused-ring (bicyclic) bond motifs is 2. The highest BCUT2D eigenvalue weighted by atomic mass is 16.3. The zero-order valence-electron chi connectivity index (χ0n) is 19.7. The molecule has 6 rings (SSSR count). The molecule has 4 N–H and O–H groups in total. The maximum atomic E-state index is 12.0. The Hall–Kier alpha value is -5.50. The first-order valence-corrected chi connectivity index (χ1v) is 11.4. The summed E-state index contributed by atoms with van der Waals surface area (Å²) in [4.78, 5) is 24.0. The van der Waals surface area contributed by atoms with Crippen LogP contribution in [0, 0.1) is 0 Å². The molecule has 0 atom stereocenters. The van der Waals surface area contributed by atoms with Gasteiger partial charge in [-0.15, -0.1) is 0 Å². The van der Waals surface area contributed by atoms with Crippen molar-refractivity contribution in [1.29, 1.82) is 0 Å². The summed E-state index contributed by atoms with van der Waals surface area (Å²) in [5, 5.41) is 38.2. The van der Waals surface area contributed by atoms with Crippen LogP contribution < -0.4 is 10.9 Å². The molecule has 0 fully saturated rings. The molecule has 2 aromatic heterocycles. The second kappa shape index (κ2) is 9.87. The van der Waals surface area contributed by atoms with Crippen LogP contribution in [-0.4, -0.2) is 20.4 Å². The number of benzene rings is 4. The average Bonchev–Trinajstić information content (AvgIpc) is 2.92. The Bertz CT molecular complexity index is 1750. The predicted octanol–water partition coefficient (Wildman–Crippen LogP) is 5.74. The lowest BCUT2D eigenvalue weighted by molar-refractivity contribution is 0.403. The van der Waals surface area contributed by atoms with E-state index in [0.717, 1.165) is 11.1 Å². The average molecular weight is 508 g/mol. The second-order valence-corrected chi connectivity index (χ2v) is 8.36. The lowest BCUT2D eigenvalue weighted by atomic mass is 10.1. The van der Waals surface area contributed by atoms with E-state index >= 15 is 0 Å². The fourth-order valence-electron chi connectivity index (χ4n) is 3.85. The van der Waals surface area contributed by atoms with E-state index in [4.69, 9.17) is 8.83 Å². The minimum Gasteiger partial charge on any atom is -0.504 e. The van der Waals surface area contributed by atoms with Crippen LogP contribution in [-0.2, 0) is 0 Å². The maximum absolute atomic E-state index is 12.0. The van der Waals surface area contributed by atoms with E-state index < -0.39 is 0 Å². The minimum absolute atomic E-state index is 0.231. The van der Waals surface area contributed by atoms with Crippen molar-refractivity contribution in [1.82, 2.24) is 0 Å². The number of hydrogen-bond donors (Lipinski definition) is 4. The van der Waals surface area contributed by atoms with E-state index in [0.29, 0.717) is 11.5 Å². The highest BCUT2D eigenvalue weighted by molar-refractivity contribution is 5.83. The molecule has 0 aliphatic heterocycles. The Balaban J connectivity index is 0.000000155. The lowest BCUT2D eigenvalue weighted by Crippen LogP contribution is -2.00. The van der Waals surface area contributed by atoms with E-state index in [1.165, 1.54) is 36.4 Å². The van der Waals surface area contributed by atoms with Crippen molar-refractivity contribution in [2.75, 3.05) is 0 Å². The molecule has 0 bridgehead atoms. The van der Waals surface area contributed by atoms with Crippen molar-refractivity contribution >= 4 is 21.9 Å². The standard InChI is InChI=1S/2C15H10O4/c2*16-11-7-14(9-4-2-1-3-5-9)19-15-8-13(18)12(17)6-10(11)15/h2*1-8,17-18H. The van der Waals surface area contributed by atoms with Crippen LogP contribution in [0.5, 0.6) is 23.0 Å². The molecule has 0 radical (unpaired) electrons. The van der Waals surface area contributed by atoms with Gasteiger partial charge in [0.2, 0.25) is 0 Å². The molecule has 0 saturated heterocycles. The van der Waals surface area contributed by atoms with Crippen molar-refractivity contribution in [3.05, 3.63) is 118 Å². The number of hydrogen-bond acceptors (Lipinski definition) is 8. The summed E-state index contributed by atoms with van der Waals surface area (Å²) < 4.78 is 11.2. The van der Waals surface area contributed by atoms with Gasteiger partial charge in [-0.2, -0.15) is 0 Å². The van der Waals surface area contributed by atoms with Gasteiger partial charge in [-0.1, -0.05) is 60.7 Å². The molecule has 8 nitrogen and oxygen atoms in total. The number of phenolic OH excluding ortho intramolecular Hbond substituents is 4. The highest BCUT2D eigenvalue weighted by Crippen LogP contribution is 2.32. The van der Waals surface area contributed by atoms with Crippen LogP contribution in [0.1, 0.15) is 0 Å². The fraction of sp³-hybridized carbons (Fsp3) is 0. The van der Waals surface area contributed by atoms with E-state index in [-0.39, 0.29) is 55.8 Å². The summed E-state index contributed by atoms with van der Waals surface area (Å²) in [6.07, 6.45) is 0. The van der Waals surface area contributed by atoms with Crippen LogP contribution in [0.2, 0.25) is 0 Å². The molecule has 8 heteroatoms. The summed E-state index contributed by atoms with van der Waals surface area (Å²) in [5.41, 5.74) is 1.48. The molecule has 188 valence electrons. The van der Waals surface area contributed by atoms with E-state index in [1.54, 1.807) is 0 Å². The van der Waals surface area contributed by atoms with Gasteiger partial charge in [0.05, 0.1) is 10.8 Å². The van der Waals surface area contributed by atoms with Gasteiger partial charge in [0.1, 0.15) is 22.7 Å². The molecule has 0 aliphatic carbocycles. The predicted molar refractivity (Wildman–Crippen MR) is 142 cm³/mol. The zero-order valence-corrected chi connectivity index (χ0v) is 19.7. The summed E-state index contributed by atoms with van der Waals surface area (Å²) in [5.74, 6) is -0.479. The molecular formula is C30H20O8. The van der Waals surface area contributed by atoms with Gasteiger partial charge in [-0.05, 0) is 12.1 Å². The summed E-state index contributed by atoms with van der Waals surface area (Å²) in [6, 6.07) is 26.0. The van der Waals surface area contributed by atoms with Gasteiger partial charge in [0.25, 0.3) is 0 Å². The monoisotopic (exact) mass is 508 g/mol. The van der Waals surface area contributed by atoms with Crippen molar-refractivity contribution in [2.24, 2.45) is 0 Å². The van der Waals surface area contributed by atoms with Crippen LogP contribution in [0.15, 0.2) is 115 Å². The Morgan fingerprint density at radius 1 is 0.447 bits per heavy atom. The molecule has 6 aromatic rings. The van der Waals surface area contributed by atoms with Crippen LogP contribution >= 0.6 is 0 Å². The Morgan fingerprint density at radius 3 is 1.16 bits per heavy atom. The fourth-order valence-corrected chi connectivity index (χ4v) is 3.85. The molecule has 0 amide bonds. The van der Waals surface area contributed by atoms with Crippen molar-refractivity contribution in [3.8, 4) is 45.6 Å². The maximum Gasteiger partial charge on any atom is 0.193 e. The number of aromatic hydroxyl groups is 4. The van der Waals surface area contributed by atoms with E-state index in [1.807, 2.05) is 60.7 Å². The van der Waals surface area contributed by atoms with E-state index in [2.05, 4.69) is 0 Å². The third-order valence-corrected chi connectivity index (χ3v) is 5.77. The van der Waals surface area contributed by atoms with Gasteiger partial charge in [-0.3, -0.25) is 9.59 Å². The molecular weight excluding hydrogens is 488 g/mol. The molecule has 0 unspecified atom stereocenters. The van der Waals surface area contributed by atoms with Crippen molar-refractivity contribution in [2.45, 2.75) is 0 Å². The van der Waals surface area contributed by atoms with Crippen molar-refractivity contribution in [3.63, 3.8) is 0 Å². The SMILES string of the molecule is O=c1cc(-c2ccccc2)oc2cc(O)c(O)cc12.O=c1cc(-c2ccccc2)oc2cc(O)c(O)cc12. The molecule has 0 spiro atoms. The van der Waals surface area contributed by atoms with Gasteiger partial charge >= 0.3 is 0 Å². The normalized spacial score (nSPS) is 10.7. The van der Waals surface area contributed by atoms with Crippen LogP contribution in [0.4, 0.5) is 0 Å². The number of phenols is 4. The molecule has 38 heavy (non-hydrogen) atoms. The third kappa shape index (κ3) is 4.78. The quantitative estimate of drug-likeness (QED) is 0.217. The third-order valence-electron chi connectivity index (χ3n) is 5.77. The van der Waals surface area contributed by atoms with Crippen molar-refractivity contribution < 1.29 is 29.3 Å². The first-order valence-electron chi connectivity index (χ1n) is 11.4. The topological polar surface area (TPSA) is 141 Å². The van der Waals surface area contributed by atoms with E-state index in [9.17, 15) is 30.0 Å². The van der Waals surface area contributed by atoms with Gasteiger partial charge in [0, 0.05) is 35.4 Å². The van der Waals surface area contributed by atoms with Gasteiger partial charge < -0.3 is 29.3 Å². The minimum atomic E-state index is -0.340. The molecule has 0 aliphatic rings. The zero-order chi connectivity index (χ0) is 26.8. The first-order chi connectivity index (χ1) is 18.3. The second-order valence-electron chi connectivity index (χ2n) is 8.36. The largest absolute Gasteiger partial charge is 0.504 e. The molecule has 2 heterocycles. The first kappa shape index (κ1) is 24.2. The summed E-state index contributed by atoms with van der Waals surface area (Å²) in [6.45, 7) is 0. The number of rotatable bonds is 2. The van der Waals surface area contributed by atoms with Gasteiger partial charge in [-0.25, -0.2) is 0 Å². The van der Waals surface area contributed by atoms with Crippen LogP contribution in [0.3, 0.4) is 0 Å². The Kier molecular flexibility index (Phi) is 6.28. The molecule has 0 saturated carbocycles. The van der Waals surface area contributed by atoms with Crippen LogP contribution in [0.25, 0.3) is 44.6 Å².